The average Bonchev–Trinajstić information content (AvgIpc) is 2.54. The van der Waals surface area contributed by atoms with Crippen LogP contribution in [0.5, 0.6) is 5.75 Å². The summed E-state index contributed by atoms with van der Waals surface area (Å²) in [5.41, 5.74) is 2.69. The second-order valence-corrected chi connectivity index (χ2v) is 6.81. The van der Waals surface area contributed by atoms with Crippen molar-refractivity contribution in [2.24, 2.45) is 0 Å². The predicted molar refractivity (Wildman–Crippen MR) is 95.7 cm³/mol. The second kappa shape index (κ2) is 7.97. The van der Waals surface area contributed by atoms with Gasteiger partial charge in [-0.2, -0.15) is 0 Å². The topological polar surface area (TPSA) is 58.6 Å². The molecule has 0 bridgehead atoms. The van der Waals surface area contributed by atoms with Crippen LogP contribution in [0, 0.1) is 0 Å². The Bertz CT molecular complexity index is 672. The largest absolute Gasteiger partial charge is 0.492 e. The first-order valence-corrected chi connectivity index (χ1v) is 8.12. The third-order valence-electron chi connectivity index (χ3n) is 3.77. The van der Waals surface area contributed by atoms with E-state index in [1.807, 2.05) is 18.2 Å². The molecule has 0 aliphatic rings. The number of carboxylic acids is 1. The van der Waals surface area contributed by atoms with E-state index in [4.69, 9.17) is 9.84 Å². The Hall–Kier alpha value is -2.33. The monoisotopic (exact) mass is 327 g/mol. The Kier molecular flexibility index (Phi) is 5.99. The molecule has 2 N–H and O–H groups in total. The van der Waals surface area contributed by atoms with E-state index in [1.54, 1.807) is 18.2 Å². The SMILES string of the molecule is CC(C)(C)c1ccc(OCCNCc2cccc(C(=O)O)c2)cc1. The van der Waals surface area contributed by atoms with Gasteiger partial charge in [0.1, 0.15) is 12.4 Å². The van der Waals surface area contributed by atoms with Crippen LogP contribution in [0.2, 0.25) is 0 Å². The van der Waals surface area contributed by atoms with Crippen molar-refractivity contribution in [2.45, 2.75) is 32.7 Å². The number of ether oxygens (including phenoxy) is 1. The highest BCUT2D eigenvalue weighted by atomic mass is 16.5. The van der Waals surface area contributed by atoms with Crippen molar-refractivity contribution in [2.75, 3.05) is 13.2 Å². The lowest BCUT2D eigenvalue weighted by atomic mass is 9.87. The van der Waals surface area contributed by atoms with Gasteiger partial charge in [0.2, 0.25) is 0 Å². The zero-order valence-electron chi connectivity index (χ0n) is 14.5. The van der Waals surface area contributed by atoms with Crippen molar-refractivity contribution in [3.63, 3.8) is 0 Å². The van der Waals surface area contributed by atoms with Crippen LogP contribution in [0.15, 0.2) is 48.5 Å². The highest BCUT2D eigenvalue weighted by Gasteiger charge is 2.12. The number of nitrogens with one attached hydrogen (secondary N) is 1. The van der Waals surface area contributed by atoms with Crippen molar-refractivity contribution in [3.8, 4) is 5.75 Å². The van der Waals surface area contributed by atoms with Crippen LogP contribution in [0.25, 0.3) is 0 Å². The van der Waals surface area contributed by atoms with Crippen molar-refractivity contribution < 1.29 is 14.6 Å². The first-order valence-electron chi connectivity index (χ1n) is 8.12. The van der Waals surface area contributed by atoms with E-state index in [0.29, 0.717) is 25.3 Å². The lowest BCUT2D eigenvalue weighted by Gasteiger charge is -2.19. The average molecular weight is 327 g/mol. The lowest BCUT2D eigenvalue weighted by molar-refractivity contribution is 0.0696. The van der Waals surface area contributed by atoms with E-state index >= 15 is 0 Å². The molecule has 0 heterocycles. The molecule has 4 heteroatoms. The Morgan fingerprint density at radius 3 is 2.46 bits per heavy atom. The zero-order valence-corrected chi connectivity index (χ0v) is 14.5. The fourth-order valence-corrected chi connectivity index (χ4v) is 2.34. The highest BCUT2D eigenvalue weighted by Crippen LogP contribution is 2.24. The van der Waals surface area contributed by atoms with Crippen LogP contribution in [0.4, 0.5) is 0 Å². The molecular weight excluding hydrogens is 302 g/mol. The van der Waals surface area contributed by atoms with Gasteiger partial charge in [-0.15, -0.1) is 0 Å². The van der Waals surface area contributed by atoms with Gasteiger partial charge in [0.25, 0.3) is 0 Å². The molecule has 0 aromatic heterocycles. The van der Waals surface area contributed by atoms with E-state index in [2.05, 4.69) is 38.2 Å². The Balaban J connectivity index is 1.73. The van der Waals surface area contributed by atoms with E-state index in [0.717, 1.165) is 11.3 Å². The van der Waals surface area contributed by atoms with Gasteiger partial charge in [-0.3, -0.25) is 0 Å². The van der Waals surface area contributed by atoms with Crippen molar-refractivity contribution >= 4 is 5.97 Å². The molecule has 128 valence electrons. The second-order valence-electron chi connectivity index (χ2n) is 6.81. The minimum Gasteiger partial charge on any atom is -0.492 e. The number of carbonyl (C=O) groups is 1. The van der Waals surface area contributed by atoms with Gasteiger partial charge in [-0.05, 0) is 40.8 Å². The molecule has 0 amide bonds. The van der Waals surface area contributed by atoms with Crippen molar-refractivity contribution in [1.82, 2.24) is 5.32 Å². The van der Waals surface area contributed by atoms with Crippen molar-refractivity contribution in [1.29, 1.82) is 0 Å². The first kappa shape index (κ1) is 18.0. The molecule has 0 saturated carbocycles. The molecule has 0 atom stereocenters. The van der Waals surface area contributed by atoms with Crippen LogP contribution in [-0.4, -0.2) is 24.2 Å². The summed E-state index contributed by atoms with van der Waals surface area (Å²) in [6.07, 6.45) is 0. The third-order valence-corrected chi connectivity index (χ3v) is 3.77. The maximum atomic E-state index is 10.9. The predicted octanol–water partition coefficient (Wildman–Crippen LogP) is 3.85. The van der Waals surface area contributed by atoms with Gasteiger partial charge in [-0.25, -0.2) is 4.79 Å². The van der Waals surface area contributed by atoms with Crippen LogP contribution in [0.3, 0.4) is 0 Å². The molecule has 2 aromatic rings. The van der Waals surface area contributed by atoms with E-state index in [9.17, 15) is 4.79 Å². The third kappa shape index (κ3) is 5.39. The summed E-state index contributed by atoms with van der Waals surface area (Å²) in [4.78, 5) is 10.9. The smallest absolute Gasteiger partial charge is 0.335 e. The maximum Gasteiger partial charge on any atom is 0.335 e. The molecule has 2 rings (SSSR count). The number of hydrogen-bond donors (Lipinski definition) is 2. The van der Waals surface area contributed by atoms with Gasteiger partial charge in [-0.1, -0.05) is 45.0 Å². The molecule has 0 spiro atoms. The maximum absolute atomic E-state index is 10.9. The molecule has 0 radical (unpaired) electrons. The molecule has 0 saturated heterocycles. The Morgan fingerprint density at radius 2 is 1.83 bits per heavy atom. The minimum atomic E-state index is -0.904. The van der Waals surface area contributed by atoms with Crippen molar-refractivity contribution in [3.05, 3.63) is 65.2 Å². The molecule has 24 heavy (non-hydrogen) atoms. The van der Waals surface area contributed by atoms with Crippen LogP contribution >= 0.6 is 0 Å². The van der Waals surface area contributed by atoms with E-state index < -0.39 is 5.97 Å². The standard InChI is InChI=1S/C20H25NO3/c1-20(2,3)17-7-9-18(10-8-17)24-12-11-21-14-15-5-4-6-16(13-15)19(22)23/h4-10,13,21H,11-12,14H2,1-3H3,(H,22,23). The zero-order chi connectivity index (χ0) is 17.6. The number of benzene rings is 2. The fourth-order valence-electron chi connectivity index (χ4n) is 2.34. The van der Waals surface area contributed by atoms with Crippen LogP contribution < -0.4 is 10.1 Å². The summed E-state index contributed by atoms with van der Waals surface area (Å²) in [6, 6.07) is 15.1. The first-order chi connectivity index (χ1) is 11.4. The van der Waals surface area contributed by atoms with Gasteiger partial charge in [0.15, 0.2) is 0 Å². The molecule has 0 aliphatic carbocycles. The number of rotatable bonds is 7. The summed E-state index contributed by atoms with van der Waals surface area (Å²) >= 11 is 0. The van der Waals surface area contributed by atoms with Crippen LogP contribution in [-0.2, 0) is 12.0 Å². The molecular formula is C20H25NO3. The normalized spacial score (nSPS) is 11.3. The molecule has 0 unspecified atom stereocenters. The summed E-state index contributed by atoms with van der Waals surface area (Å²) in [5.74, 6) is -0.0449. The number of hydrogen-bond acceptors (Lipinski definition) is 3. The van der Waals surface area contributed by atoms with Gasteiger partial charge in [0, 0.05) is 13.1 Å². The summed E-state index contributed by atoms with van der Waals surface area (Å²) < 4.78 is 5.72. The van der Waals surface area contributed by atoms with Gasteiger partial charge < -0.3 is 15.2 Å². The summed E-state index contributed by atoms with van der Waals surface area (Å²) in [7, 11) is 0. The summed E-state index contributed by atoms with van der Waals surface area (Å²) in [6.45, 7) is 8.43. The minimum absolute atomic E-state index is 0.143. The quantitative estimate of drug-likeness (QED) is 0.758. The van der Waals surface area contributed by atoms with E-state index in [1.165, 1.54) is 5.56 Å². The lowest BCUT2D eigenvalue weighted by Crippen LogP contribution is -2.20. The van der Waals surface area contributed by atoms with E-state index in [-0.39, 0.29) is 5.41 Å². The number of carboxylic acid groups (broad SMARTS) is 1. The Labute approximate surface area is 143 Å². The summed E-state index contributed by atoms with van der Waals surface area (Å²) in [5, 5.41) is 12.2. The van der Waals surface area contributed by atoms with Gasteiger partial charge in [0.05, 0.1) is 5.56 Å². The molecule has 0 fully saturated rings. The molecule has 2 aromatic carbocycles. The van der Waals surface area contributed by atoms with Crippen LogP contribution in [0.1, 0.15) is 42.3 Å². The molecule has 0 aliphatic heterocycles. The Morgan fingerprint density at radius 1 is 1.12 bits per heavy atom. The molecule has 4 nitrogen and oxygen atoms in total. The fraction of sp³-hybridized carbons (Fsp3) is 0.350. The number of aromatic carboxylic acids is 1. The highest BCUT2D eigenvalue weighted by molar-refractivity contribution is 5.87. The van der Waals surface area contributed by atoms with Gasteiger partial charge >= 0.3 is 5.97 Å².